The molecule has 0 aliphatic carbocycles. The number of nitrogens with zero attached hydrogens (tertiary/aromatic N) is 3. The summed E-state index contributed by atoms with van der Waals surface area (Å²) in [5.74, 6) is 0.815. The van der Waals surface area contributed by atoms with Gasteiger partial charge in [-0.05, 0) is 24.1 Å². The molecule has 0 amide bonds. The van der Waals surface area contributed by atoms with Crippen LogP contribution in [0.25, 0.3) is 5.82 Å². The Labute approximate surface area is 82.4 Å². The third-order valence-electron chi connectivity index (χ3n) is 1.99. The van der Waals surface area contributed by atoms with Crippen molar-refractivity contribution in [2.45, 2.75) is 13.5 Å². The van der Waals surface area contributed by atoms with Crippen molar-refractivity contribution in [2.24, 2.45) is 5.73 Å². The second-order valence-corrected chi connectivity index (χ2v) is 3.19. The maximum Gasteiger partial charge on any atom is 0.153 e. The maximum atomic E-state index is 5.48. The van der Waals surface area contributed by atoms with Crippen LogP contribution in [-0.4, -0.2) is 14.8 Å². The molecule has 2 rings (SSSR count). The first-order chi connectivity index (χ1) is 6.79. The van der Waals surface area contributed by atoms with Crippen molar-refractivity contribution < 1.29 is 0 Å². The highest BCUT2D eigenvalue weighted by Gasteiger charge is 1.98. The van der Waals surface area contributed by atoms with E-state index in [0.29, 0.717) is 6.54 Å². The zero-order valence-electron chi connectivity index (χ0n) is 8.01. The molecule has 0 saturated carbocycles. The third-order valence-corrected chi connectivity index (χ3v) is 1.99. The number of pyridine rings is 1. The summed E-state index contributed by atoms with van der Waals surface area (Å²) in [6.45, 7) is 2.52. The molecule has 4 nitrogen and oxygen atoms in total. The first-order valence-electron chi connectivity index (χ1n) is 4.46. The summed E-state index contributed by atoms with van der Waals surface area (Å²) in [7, 11) is 0. The lowest BCUT2D eigenvalue weighted by molar-refractivity contribution is 0.842. The van der Waals surface area contributed by atoms with Crippen LogP contribution in [0.15, 0.2) is 30.7 Å². The fourth-order valence-corrected chi connectivity index (χ4v) is 1.21. The normalized spacial score (nSPS) is 10.4. The molecule has 0 atom stereocenters. The van der Waals surface area contributed by atoms with E-state index in [9.17, 15) is 0 Å². The second kappa shape index (κ2) is 3.59. The van der Waals surface area contributed by atoms with Crippen molar-refractivity contribution in [2.75, 3.05) is 0 Å². The molecule has 2 heterocycles. The van der Waals surface area contributed by atoms with Gasteiger partial charge in [0.1, 0.15) is 0 Å². The van der Waals surface area contributed by atoms with Gasteiger partial charge in [-0.2, -0.15) is 5.10 Å². The van der Waals surface area contributed by atoms with Gasteiger partial charge >= 0.3 is 0 Å². The van der Waals surface area contributed by atoms with E-state index in [-0.39, 0.29) is 0 Å². The number of aromatic nitrogens is 3. The number of rotatable bonds is 2. The van der Waals surface area contributed by atoms with Crippen LogP contribution in [0.3, 0.4) is 0 Å². The van der Waals surface area contributed by atoms with Crippen molar-refractivity contribution in [3.05, 3.63) is 41.9 Å². The van der Waals surface area contributed by atoms with Crippen LogP contribution in [0.5, 0.6) is 0 Å². The van der Waals surface area contributed by atoms with Gasteiger partial charge in [-0.15, -0.1) is 0 Å². The molecule has 4 heteroatoms. The van der Waals surface area contributed by atoms with Gasteiger partial charge in [0.15, 0.2) is 5.82 Å². The lowest BCUT2D eigenvalue weighted by Gasteiger charge is -2.00. The standard InChI is InChI=1S/C10H12N4/c1-8-5-13-14(7-8)10-3-2-9(4-11)6-12-10/h2-3,5-7H,4,11H2,1H3. The summed E-state index contributed by atoms with van der Waals surface area (Å²) in [4.78, 5) is 4.25. The predicted molar refractivity (Wildman–Crippen MR) is 54.0 cm³/mol. The van der Waals surface area contributed by atoms with Crippen LogP contribution in [0.2, 0.25) is 0 Å². The maximum absolute atomic E-state index is 5.48. The van der Waals surface area contributed by atoms with Crippen molar-refractivity contribution in [3.8, 4) is 5.82 Å². The average molecular weight is 188 g/mol. The molecule has 72 valence electrons. The summed E-state index contributed by atoms with van der Waals surface area (Å²) in [5.41, 5.74) is 7.63. The van der Waals surface area contributed by atoms with Crippen molar-refractivity contribution in [3.63, 3.8) is 0 Å². The Hall–Kier alpha value is -1.68. The Kier molecular flexibility index (Phi) is 2.28. The second-order valence-electron chi connectivity index (χ2n) is 3.19. The van der Waals surface area contributed by atoms with Crippen LogP contribution < -0.4 is 5.73 Å². The summed E-state index contributed by atoms with van der Waals surface area (Å²) >= 11 is 0. The van der Waals surface area contributed by atoms with Crippen molar-refractivity contribution >= 4 is 0 Å². The number of nitrogens with two attached hydrogens (primary N) is 1. The van der Waals surface area contributed by atoms with Gasteiger partial charge in [0.25, 0.3) is 0 Å². The molecule has 0 aromatic carbocycles. The highest BCUT2D eigenvalue weighted by atomic mass is 15.3. The van der Waals surface area contributed by atoms with E-state index in [0.717, 1.165) is 16.9 Å². The molecule has 0 spiro atoms. The highest BCUT2D eigenvalue weighted by Crippen LogP contribution is 2.05. The number of aryl methyl sites for hydroxylation is 1. The largest absolute Gasteiger partial charge is 0.326 e. The van der Waals surface area contributed by atoms with Crippen molar-refractivity contribution in [1.29, 1.82) is 0 Å². The molecular formula is C10H12N4. The first-order valence-corrected chi connectivity index (χ1v) is 4.46. The zero-order valence-corrected chi connectivity index (χ0v) is 8.01. The molecular weight excluding hydrogens is 176 g/mol. The molecule has 0 bridgehead atoms. The van der Waals surface area contributed by atoms with E-state index in [1.807, 2.05) is 25.3 Å². The Morgan fingerprint density at radius 3 is 2.71 bits per heavy atom. The van der Waals surface area contributed by atoms with Gasteiger partial charge in [0, 0.05) is 18.9 Å². The molecule has 0 aliphatic heterocycles. The molecule has 0 fully saturated rings. The minimum Gasteiger partial charge on any atom is -0.326 e. The van der Waals surface area contributed by atoms with E-state index in [4.69, 9.17) is 5.73 Å². The quantitative estimate of drug-likeness (QED) is 0.766. The molecule has 0 unspecified atom stereocenters. The molecule has 2 aromatic heterocycles. The van der Waals surface area contributed by atoms with E-state index >= 15 is 0 Å². The van der Waals surface area contributed by atoms with Crippen LogP contribution in [0, 0.1) is 6.92 Å². The lowest BCUT2D eigenvalue weighted by Crippen LogP contribution is -2.01. The predicted octanol–water partition coefficient (Wildman–Crippen LogP) is 1.03. The Balaban J connectivity index is 2.33. The van der Waals surface area contributed by atoms with Crippen LogP contribution >= 0.6 is 0 Å². The molecule has 2 aromatic rings. The fraction of sp³-hybridized carbons (Fsp3) is 0.200. The number of hydrogen-bond donors (Lipinski definition) is 1. The minimum absolute atomic E-state index is 0.519. The van der Waals surface area contributed by atoms with Crippen LogP contribution in [0.1, 0.15) is 11.1 Å². The van der Waals surface area contributed by atoms with E-state index in [1.54, 1.807) is 17.1 Å². The monoisotopic (exact) mass is 188 g/mol. The van der Waals surface area contributed by atoms with Gasteiger partial charge in [0.05, 0.1) is 6.20 Å². The van der Waals surface area contributed by atoms with Gasteiger partial charge in [-0.1, -0.05) is 6.07 Å². The fourth-order valence-electron chi connectivity index (χ4n) is 1.21. The zero-order chi connectivity index (χ0) is 9.97. The third kappa shape index (κ3) is 1.65. The summed E-state index contributed by atoms with van der Waals surface area (Å²) < 4.78 is 1.75. The molecule has 0 radical (unpaired) electrons. The first kappa shape index (κ1) is 8.90. The molecule has 14 heavy (non-hydrogen) atoms. The molecule has 0 saturated heterocycles. The number of hydrogen-bond acceptors (Lipinski definition) is 3. The topological polar surface area (TPSA) is 56.7 Å². The molecule has 2 N–H and O–H groups in total. The SMILES string of the molecule is Cc1cnn(-c2ccc(CN)cn2)c1. The highest BCUT2D eigenvalue weighted by molar-refractivity contribution is 5.25. The Morgan fingerprint density at radius 1 is 1.36 bits per heavy atom. The average Bonchev–Trinajstić information content (AvgIpc) is 2.65. The minimum atomic E-state index is 0.519. The smallest absolute Gasteiger partial charge is 0.153 e. The van der Waals surface area contributed by atoms with E-state index in [1.165, 1.54) is 0 Å². The van der Waals surface area contributed by atoms with Crippen LogP contribution in [0.4, 0.5) is 0 Å². The Bertz CT molecular complexity index is 416. The van der Waals surface area contributed by atoms with E-state index in [2.05, 4.69) is 10.1 Å². The summed E-state index contributed by atoms with van der Waals surface area (Å²) in [6, 6.07) is 3.87. The van der Waals surface area contributed by atoms with Crippen molar-refractivity contribution in [1.82, 2.24) is 14.8 Å². The van der Waals surface area contributed by atoms with Gasteiger partial charge in [-0.25, -0.2) is 9.67 Å². The van der Waals surface area contributed by atoms with Gasteiger partial charge < -0.3 is 5.73 Å². The Morgan fingerprint density at radius 2 is 2.21 bits per heavy atom. The summed E-state index contributed by atoms with van der Waals surface area (Å²) in [5, 5.41) is 4.16. The van der Waals surface area contributed by atoms with Crippen LogP contribution in [-0.2, 0) is 6.54 Å². The van der Waals surface area contributed by atoms with Gasteiger partial charge in [-0.3, -0.25) is 0 Å². The van der Waals surface area contributed by atoms with Gasteiger partial charge in [0.2, 0.25) is 0 Å². The summed E-state index contributed by atoms with van der Waals surface area (Å²) in [6.07, 6.45) is 5.51. The van der Waals surface area contributed by atoms with E-state index < -0.39 is 0 Å². The lowest BCUT2D eigenvalue weighted by atomic mass is 10.3. The molecule has 0 aliphatic rings.